The van der Waals surface area contributed by atoms with Crippen LogP contribution in [0.25, 0.3) is 0 Å². The van der Waals surface area contributed by atoms with Gasteiger partial charge in [-0.3, -0.25) is 0 Å². The molecule has 1 aromatic rings. The van der Waals surface area contributed by atoms with Crippen LogP contribution in [0.1, 0.15) is 12.5 Å². The van der Waals surface area contributed by atoms with E-state index >= 15 is 0 Å². The van der Waals surface area contributed by atoms with Crippen LogP contribution < -0.4 is 5.32 Å². The molecule has 0 spiro atoms. The fraction of sp³-hybridized carbons (Fsp3) is 0.538. The van der Waals surface area contributed by atoms with Gasteiger partial charge in [0.15, 0.2) is 0 Å². The van der Waals surface area contributed by atoms with E-state index in [0.29, 0.717) is 18.6 Å². The third-order valence-electron chi connectivity index (χ3n) is 2.53. The molecule has 0 saturated heterocycles. The predicted octanol–water partition coefficient (Wildman–Crippen LogP) is 1.92. The highest BCUT2D eigenvalue weighted by Gasteiger charge is 2.12. The minimum Gasteiger partial charge on any atom is -0.394 e. The Morgan fingerprint density at radius 3 is 2.68 bits per heavy atom. The fourth-order valence-electron chi connectivity index (χ4n) is 1.72. The van der Waals surface area contributed by atoms with Crippen molar-refractivity contribution in [2.24, 2.45) is 0 Å². The van der Waals surface area contributed by atoms with E-state index in [1.807, 2.05) is 6.92 Å². The Morgan fingerprint density at radius 1 is 1.37 bits per heavy atom. The Bertz CT molecular complexity index is 366. The van der Waals surface area contributed by atoms with Gasteiger partial charge in [0.25, 0.3) is 0 Å². The number of hydrogen-bond acceptors (Lipinski definition) is 3. The second-order valence-electron chi connectivity index (χ2n) is 3.99. The number of halogens is 3. The summed E-state index contributed by atoms with van der Waals surface area (Å²) in [6.45, 7) is 3.28. The van der Waals surface area contributed by atoms with Crippen LogP contribution in [0.2, 0.25) is 0 Å². The number of hydrogen-bond donors (Lipinski definition) is 2. The van der Waals surface area contributed by atoms with E-state index in [9.17, 15) is 8.78 Å². The summed E-state index contributed by atoms with van der Waals surface area (Å²) in [5, 5.41) is 11.8. The first-order valence-electron chi connectivity index (χ1n) is 6.03. The molecular formula is C13H20ClF2NO2. The summed E-state index contributed by atoms with van der Waals surface area (Å²) in [5.74, 6) is -1.12. The highest BCUT2D eigenvalue weighted by Crippen LogP contribution is 2.12. The zero-order valence-corrected chi connectivity index (χ0v) is 11.7. The van der Waals surface area contributed by atoms with E-state index in [4.69, 9.17) is 9.84 Å². The standard InChI is InChI=1S/C13H19F2NO2.ClH/c1-2-16-12(9-18-6-5-17)7-10-3-4-11(14)8-13(10)15;/h3-4,8,12,16-17H,2,5-7,9H2,1H3;1H. The monoisotopic (exact) mass is 295 g/mol. The molecule has 0 radical (unpaired) electrons. The number of benzene rings is 1. The summed E-state index contributed by atoms with van der Waals surface area (Å²) in [6, 6.07) is 3.52. The summed E-state index contributed by atoms with van der Waals surface area (Å²) in [5.41, 5.74) is 0.454. The van der Waals surface area contributed by atoms with Gasteiger partial charge in [-0.2, -0.15) is 0 Å². The van der Waals surface area contributed by atoms with Crippen LogP contribution in [0, 0.1) is 11.6 Å². The van der Waals surface area contributed by atoms with Gasteiger partial charge in [0.1, 0.15) is 11.6 Å². The molecule has 0 heterocycles. The van der Waals surface area contributed by atoms with E-state index < -0.39 is 11.6 Å². The first kappa shape index (κ1) is 18.2. The van der Waals surface area contributed by atoms with Crippen molar-refractivity contribution in [2.45, 2.75) is 19.4 Å². The number of aliphatic hydroxyl groups is 1. The Balaban J connectivity index is 0.00000324. The van der Waals surface area contributed by atoms with E-state index in [0.717, 1.165) is 12.6 Å². The molecule has 1 rings (SSSR count). The molecule has 0 fully saturated rings. The van der Waals surface area contributed by atoms with Gasteiger partial charge in [-0.15, -0.1) is 12.4 Å². The quantitative estimate of drug-likeness (QED) is 0.720. The number of aliphatic hydroxyl groups excluding tert-OH is 1. The fourth-order valence-corrected chi connectivity index (χ4v) is 1.72. The van der Waals surface area contributed by atoms with Crippen molar-refractivity contribution < 1.29 is 18.6 Å². The van der Waals surface area contributed by atoms with Crippen LogP contribution >= 0.6 is 12.4 Å². The summed E-state index contributed by atoms with van der Waals surface area (Å²) in [6.07, 6.45) is 0.422. The van der Waals surface area contributed by atoms with Crippen LogP contribution in [0.4, 0.5) is 8.78 Å². The number of ether oxygens (including phenoxy) is 1. The summed E-state index contributed by atoms with van der Waals surface area (Å²) < 4.78 is 31.5. The molecular weight excluding hydrogens is 276 g/mol. The van der Waals surface area contributed by atoms with Gasteiger partial charge in [0, 0.05) is 12.1 Å². The molecule has 0 aliphatic heterocycles. The molecule has 0 amide bonds. The van der Waals surface area contributed by atoms with E-state index in [2.05, 4.69) is 5.32 Å². The lowest BCUT2D eigenvalue weighted by atomic mass is 10.1. The normalized spacial score (nSPS) is 12.0. The maximum absolute atomic E-state index is 13.5. The van der Waals surface area contributed by atoms with Crippen molar-refractivity contribution >= 4 is 12.4 Å². The van der Waals surface area contributed by atoms with Crippen LogP contribution in [-0.4, -0.2) is 37.5 Å². The zero-order valence-electron chi connectivity index (χ0n) is 10.9. The van der Waals surface area contributed by atoms with Crippen molar-refractivity contribution in [2.75, 3.05) is 26.4 Å². The minimum atomic E-state index is -0.576. The summed E-state index contributed by atoms with van der Waals surface area (Å²) in [4.78, 5) is 0. The Labute approximate surface area is 118 Å². The molecule has 1 unspecified atom stereocenters. The highest BCUT2D eigenvalue weighted by molar-refractivity contribution is 5.85. The van der Waals surface area contributed by atoms with E-state index in [-0.39, 0.29) is 31.7 Å². The van der Waals surface area contributed by atoms with Crippen molar-refractivity contribution in [1.29, 1.82) is 0 Å². The smallest absolute Gasteiger partial charge is 0.129 e. The highest BCUT2D eigenvalue weighted by atomic mass is 35.5. The minimum absolute atomic E-state index is 0. The molecule has 0 aliphatic rings. The largest absolute Gasteiger partial charge is 0.394 e. The van der Waals surface area contributed by atoms with Crippen LogP contribution in [0.3, 0.4) is 0 Å². The maximum Gasteiger partial charge on any atom is 0.129 e. The Kier molecular flexibility index (Phi) is 9.69. The van der Waals surface area contributed by atoms with Crippen LogP contribution in [0.5, 0.6) is 0 Å². The topological polar surface area (TPSA) is 41.5 Å². The molecule has 3 nitrogen and oxygen atoms in total. The van der Waals surface area contributed by atoms with Crippen molar-refractivity contribution in [3.63, 3.8) is 0 Å². The summed E-state index contributed by atoms with van der Waals surface area (Å²) in [7, 11) is 0. The van der Waals surface area contributed by atoms with Gasteiger partial charge >= 0.3 is 0 Å². The Morgan fingerprint density at radius 2 is 2.11 bits per heavy atom. The molecule has 0 bridgehead atoms. The van der Waals surface area contributed by atoms with Gasteiger partial charge in [0.05, 0.1) is 19.8 Å². The number of rotatable bonds is 8. The average molecular weight is 296 g/mol. The molecule has 19 heavy (non-hydrogen) atoms. The maximum atomic E-state index is 13.5. The SMILES string of the molecule is CCNC(COCCO)Cc1ccc(F)cc1F.Cl. The third-order valence-corrected chi connectivity index (χ3v) is 2.53. The molecule has 6 heteroatoms. The number of nitrogens with one attached hydrogen (secondary N) is 1. The molecule has 0 aliphatic carbocycles. The van der Waals surface area contributed by atoms with Gasteiger partial charge < -0.3 is 15.2 Å². The van der Waals surface area contributed by atoms with Crippen LogP contribution in [0.15, 0.2) is 18.2 Å². The average Bonchev–Trinajstić information content (AvgIpc) is 2.33. The van der Waals surface area contributed by atoms with Gasteiger partial charge in [0.2, 0.25) is 0 Å². The predicted molar refractivity (Wildman–Crippen MR) is 72.7 cm³/mol. The first-order valence-corrected chi connectivity index (χ1v) is 6.03. The van der Waals surface area contributed by atoms with Gasteiger partial charge in [-0.25, -0.2) is 8.78 Å². The van der Waals surface area contributed by atoms with Gasteiger partial charge in [-0.1, -0.05) is 13.0 Å². The second kappa shape index (κ2) is 10.1. The van der Waals surface area contributed by atoms with Crippen molar-refractivity contribution in [1.82, 2.24) is 5.32 Å². The summed E-state index contributed by atoms with van der Waals surface area (Å²) >= 11 is 0. The lowest BCUT2D eigenvalue weighted by molar-refractivity contribution is 0.0769. The molecule has 1 aromatic carbocycles. The van der Waals surface area contributed by atoms with Crippen molar-refractivity contribution in [3.05, 3.63) is 35.4 Å². The van der Waals surface area contributed by atoms with Crippen LogP contribution in [-0.2, 0) is 11.2 Å². The lowest BCUT2D eigenvalue weighted by Gasteiger charge is -2.18. The second-order valence-corrected chi connectivity index (χ2v) is 3.99. The molecule has 0 saturated carbocycles. The number of likely N-dealkylation sites (N-methyl/N-ethyl adjacent to an activating group) is 1. The van der Waals surface area contributed by atoms with E-state index in [1.54, 1.807) is 0 Å². The van der Waals surface area contributed by atoms with Crippen molar-refractivity contribution in [3.8, 4) is 0 Å². The zero-order chi connectivity index (χ0) is 13.4. The van der Waals surface area contributed by atoms with E-state index in [1.165, 1.54) is 12.1 Å². The Hall–Kier alpha value is -0.750. The molecule has 1 atom stereocenters. The van der Waals surface area contributed by atoms with Gasteiger partial charge in [-0.05, 0) is 24.6 Å². The third kappa shape index (κ3) is 6.82. The lowest BCUT2D eigenvalue weighted by Crippen LogP contribution is -2.36. The molecule has 0 aromatic heterocycles. The first-order chi connectivity index (χ1) is 8.67. The molecule has 110 valence electrons. The molecule has 2 N–H and O–H groups in total.